The molecule has 0 radical (unpaired) electrons. The van der Waals surface area contributed by atoms with Gasteiger partial charge in [0.2, 0.25) is 0 Å². The smallest absolute Gasteiger partial charge is 0.0167 e. The van der Waals surface area contributed by atoms with Crippen molar-refractivity contribution in [3.05, 3.63) is 35.9 Å². The van der Waals surface area contributed by atoms with E-state index in [4.69, 9.17) is 0 Å². The lowest BCUT2D eigenvalue weighted by molar-refractivity contribution is -0.127. The van der Waals surface area contributed by atoms with E-state index in [1.54, 1.807) is 5.56 Å². The molecule has 4 aliphatic rings. The van der Waals surface area contributed by atoms with Crippen LogP contribution in [0.25, 0.3) is 0 Å². The molecule has 24 heavy (non-hydrogen) atoms. The summed E-state index contributed by atoms with van der Waals surface area (Å²) < 4.78 is 0. The van der Waals surface area contributed by atoms with Gasteiger partial charge in [0.15, 0.2) is 0 Å². The SMILES string of the molecule is c1ccc(C[C@@]23C[C@@H](CN4CCCC[C@@H]42)[C@@H]2CCCCN2C3)cc1. The average molecular weight is 325 g/mol. The maximum atomic E-state index is 2.92. The van der Waals surface area contributed by atoms with Crippen molar-refractivity contribution in [3.8, 4) is 0 Å². The summed E-state index contributed by atoms with van der Waals surface area (Å²) in [5.74, 6) is 0.928. The zero-order chi connectivity index (χ0) is 16.0. The lowest BCUT2D eigenvalue weighted by Crippen LogP contribution is -2.69. The van der Waals surface area contributed by atoms with E-state index in [1.807, 2.05) is 0 Å². The first kappa shape index (κ1) is 15.4. The number of hydrogen-bond donors (Lipinski definition) is 0. The Labute approximate surface area is 147 Å². The van der Waals surface area contributed by atoms with Gasteiger partial charge in [-0.2, -0.15) is 0 Å². The summed E-state index contributed by atoms with van der Waals surface area (Å²) in [6, 6.07) is 13.1. The number of benzene rings is 1. The van der Waals surface area contributed by atoms with Gasteiger partial charge in [-0.05, 0) is 63.1 Å². The number of rotatable bonds is 2. The van der Waals surface area contributed by atoms with Crippen LogP contribution in [0.15, 0.2) is 30.3 Å². The van der Waals surface area contributed by atoms with Crippen molar-refractivity contribution in [3.63, 3.8) is 0 Å². The lowest BCUT2D eigenvalue weighted by atomic mass is 9.59. The Morgan fingerprint density at radius 1 is 0.917 bits per heavy atom. The van der Waals surface area contributed by atoms with Crippen LogP contribution in [0.2, 0.25) is 0 Å². The molecule has 130 valence electrons. The van der Waals surface area contributed by atoms with E-state index in [2.05, 4.69) is 40.1 Å². The standard InChI is InChI=1S/C22H32N2/c1-2-8-18(9-3-1)14-22-15-19(16-23-12-7-5-11-21(22)23)20-10-4-6-13-24(20)17-22/h1-3,8-9,19-21H,4-7,10-17H2/t19-,20-,21+,22-/m0/s1. The first-order chi connectivity index (χ1) is 11.8. The monoisotopic (exact) mass is 324 g/mol. The molecule has 4 heterocycles. The summed E-state index contributed by atoms with van der Waals surface area (Å²) >= 11 is 0. The largest absolute Gasteiger partial charge is 0.299 e. The fourth-order valence-corrected chi connectivity index (χ4v) is 6.75. The molecule has 4 saturated heterocycles. The van der Waals surface area contributed by atoms with Gasteiger partial charge in [-0.3, -0.25) is 9.80 Å². The minimum Gasteiger partial charge on any atom is -0.299 e. The average Bonchev–Trinajstić information content (AvgIpc) is 2.63. The number of nitrogens with zero attached hydrogens (tertiary/aromatic N) is 2. The molecule has 4 aliphatic heterocycles. The van der Waals surface area contributed by atoms with E-state index < -0.39 is 0 Å². The minimum atomic E-state index is 0.512. The van der Waals surface area contributed by atoms with Gasteiger partial charge in [0, 0.05) is 30.6 Å². The molecule has 1 aromatic carbocycles. The van der Waals surface area contributed by atoms with Crippen molar-refractivity contribution in [1.29, 1.82) is 0 Å². The molecule has 4 atom stereocenters. The molecule has 1 aromatic rings. The molecule has 0 amide bonds. The van der Waals surface area contributed by atoms with Gasteiger partial charge in [-0.1, -0.05) is 43.2 Å². The van der Waals surface area contributed by atoms with E-state index in [0.29, 0.717) is 5.41 Å². The van der Waals surface area contributed by atoms with Crippen molar-refractivity contribution in [2.24, 2.45) is 11.3 Å². The summed E-state index contributed by atoms with van der Waals surface area (Å²) in [6.45, 7) is 5.49. The second-order valence-corrected chi connectivity index (χ2v) is 9.03. The molecule has 0 aromatic heterocycles. The Hall–Kier alpha value is -0.860. The van der Waals surface area contributed by atoms with Crippen LogP contribution >= 0.6 is 0 Å². The fourth-order valence-electron chi connectivity index (χ4n) is 6.75. The van der Waals surface area contributed by atoms with Crippen molar-refractivity contribution in [2.45, 2.75) is 63.5 Å². The lowest BCUT2D eigenvalue weighted by Gasteiger charge is -2.63. The molecule has 2 bridgehead atoms. The second kappa shape index (κ2) is 6.14. The number of piperidine rings is 4. The molecular formula is C22H32N2. The van der Waals surface area contributed by atoms with Gasteiger partial charge in [0.25, 0.3) is 0 Å². The summed E-state index contributed by atoms with van der Waals surface area (Å²) in [6.07, 6.45) is 11.5. The zero-order valence-electron chi connectivity index (χ0n) is 15.0. The first-order valence-electron chi connectivity index (χ1n) is 10.4. The van der Waals surface area contributed by atoms with Crippen LogP contribution < -0.4 is 0 Å². The van der Waals surface area contributed by atoms with Gasteiger partial charge >= 0.3 is 0 Å². The molecule has 0 aliphatic carbocycles. The summed E-state index contributed by atoms with van der Waals surface area (Å²) in [4.78, 5) is 5.85. The summed E-state index contributed by atoms with van der Waals surface area (Å²) in [5.41, 5.74) is 2.08. The van der Waals surface area contributed by atoms with Crippen LogP contribution in [0.5, 0.6) is 0 Å². The van der Waals surface area contributed by atoms with Crippen molar-refractivity contribution >= 4 is 0 Å². The van der Waals surface area contributed by atoms with Crippen LogP contribution in [0.4, 0.5) is 0 Å². The van der Waals surface area contributed by atoms with Gasteiger partial charge in [0.1, 0.15) is 0 Å². The maximum absolute atomic E-state index is 2.92. The van der Waals surface area contributed by atoms with E-state index in [0.717, 1.165) is 18.0 Å². The van der Waals surface area contributed by atoms with Crippen LogP contribution in [0.3, 0.4) is 0 Å². The van der Waals surface area contributed by atoms with E-state index >= 15 is 0 Å². The van der Waals surface area contributed by atoms with Gasteiger partial charge in [0.05, 0.1) is 0 Å². The normalized spacial score (nSPS) is 39.9. The molecule has 0 N–H and O–H groups in total. The molecule has 0 spiro atoms. The Bertz CT molecular complexity index is 569. The molecule has 5 rings (SSSR count). The second-order valence-electron chi connectivity index (χ2n) is 9.03. The van der Waals surface area contributed by atoms with E-state index in [-0.39, 0.29) is 0 Å². The number of fused-ring (bicyclic) bond motifs is 6. The van der Waals surface area contributed by atoms with Crippen LogP contribution in [0, 0.1) is 11.3 Å². The first-order valence-corrected chi connectivity index (χ1v) is 10.4. The van der Waals surface area contributed by atoms with Crippen LogP contribution in [0.1, 0.15) is 50.5 Å². The molecule has 0 unspecified atom stereocenters. The summed E-state index contributed by atoms with van der Waals surface area (Å²) in [7, 11) is 0. The molecular weight excluding hydrogens is 292 g/mol. The summed E-state index contributed by atoms with van der Waals surface area (Å²) in [5, 5.41) is 0. The highest BCUT2D eigenvalue weighted by atomic mass is 15.3. The van der Waals surface area contributed by atoms with Crippen molar-refractivity contribution < 1.29 is 0 Å². The fraction of sp³-hybridized carbons (Fsp3) is 0.727. The Kier molecular flexibility index (Phi) is 3.94. The third kappa shape index (κ3) is 2.54. The van der Waals surface area contributed by atoms with E-state index in [1.165, 1.54) is 77.5 Å². The Morgan fingerprint density at radius 3 is 2.58 bits per heavy atom. The van der Waals surface area contributed by atoms with Crippen molar-refractivity contribution in [1.82, 2.24) is 9.80 Å². The third-order valence-corrected chi connectivity index (χ3v) is 7.58. The molecule has 0 saturated carbocycles. The van der Waals surface area contributed by atoms with Gasteiger partial charge in [-0.15, -0.1) is 0 Å². The topological polar surface area (TPSA) is 6.48 Å². The zero-order valence-corrected chi connectivity index (χ0v) is 15.0. The molecule has 2 heteroatoms. The van der Waals surface area contributed by atoms with Crippen molar-refractivity contribution in [2.75, 3.05) is 26.2 Å². The van der Waals surface area contributed by atoms with E-state index in [9.17, 15) is 0 Å². The van der Waals surface area contributed by atoms with Crippen LogP contribution in [-0.2, 0) is 6.42 Å². The number of hydrogen-bond acceptors (Lipinski definition) is 2. The highest BCUT2D eigenvalue weighted by molar-refractivity contribution is 5.20. The van der Waals surface area contributed by atoms with Crippen LogP contribution in [-0.4, -0.2) is 48.1 Å². The quantitative estimate of drug-likeness (QED) is 0.812. The highest BCUT2D eigenvalue weighted by Gasteiger charge is 2.54. The minimum absolute atomic E-state index is 0.512. The highest BCUT2D eigenvalue weighted by Crippen LogP contribution is 2.51. The predicted octanol–water partition coefficient (Wildman–Crippen LogP) is 3.96. The predicted molar refractivity (Wildman–Crippen MR) is 99.1 cm³/mol. The third-order valence-electron chi connectivity index (χ3n) is 7.58. The maximum Gasteiger partial charge on any atom is 0.0167 e. The Balaban J connectivity index is 1.50. The molecule has 2 nitrogen and oxygen atoms in total. The molecule has 4 fully saturated rings. The van der Waals surface area contributed by atoms with Gasteiger partial charge < -0.3 is 0 Å². The Morgan fingerprint density at radius 2 is 1.71 bits per heavy atom. The van der Waals surface area contributed by atoms with Gasteiger partial charge in [-0.25, -0.2) is 0 Å².